The predicted molar refractivity (Wildman–Crippen MR) is 59.9 cm³/mol. The van der Waals surface area contributed by atoms with Crippen molar-refractivity contribution in [2.24, 2.45) is 5.84 Å². The number of hydrogen-bond acceptors (Lipinski definition) is 5. The van der Waals surface area contributed by atoms with Gasteiger partial charge in [0.15, 0.2) is 5.69 Å². The molecule has 0 radical (unpaired) electrons. The summed E-state index contributed by atoms with van der Waals surface area (Å²) in [5.41, 5.74) is 2.23. The largest absolute Gasteiger partial charge is 0.376 e. The normalized spacial score (nSPS) is 16.3. The lowest BCUT2D eigenvalue weighted by molar-refractivity contribution is 0.0512. The summed E-state index contributed by atoms with van der Waals surface area (Å²) < 4.78 is 7.27. The van der Waals surface area contributed by atoms with Gasteiger partial charge < -0.3 is 4.74 Å². The summed E-state index contributed by atoms with van der Waals surface area (Å²) in [5.74, 6) is 4.56. The van der Waals surface area contributed by atoms with Crippen LogP contribution in [0.25, 0.3) is 0 Å². The van der Waals surface area contributed by atoms with Crippen molar-refractivity contribution in [3.63, 3.8) is 0 Å². The molecule has 2 rings (SSSR count). The third-order valence-corrected chi connectivity index (χ3v) is 2.88. The van der Waals surface area contributed by atoms with Crippen LogP contribution in [0.2, 0.25) is 0 Å². The third kappa shape index (κ3) is 3.24. The second-order valence-electron chi connectivity index (χ2n) is 4.12. The standard InChI is InChI=1S/C10H17N5O2/c11-12-10(16)9-7-15(14-13-9)5-6-17-8-3-1-2-4-8/h7-8H,1-6,11H2,(H,12,16). The molecular weight excluding hydrogens is 222 g/mol. The molecule has 1 fully saturated rings. The molecule has 0 saturated heterocycles. The lowest BCUT2D eigenvalue weighted by atomic mass is 10.3. The van der Waals surface area contributed by atoms with E-state index in [2.05, 4.69) is 10.3 Å². The van der Waals surface area contributed by atoms with Crippen molar-refractivity contribution >= 4 is 5.91 Å². The molecule has 1 aromatic heterocycles. The average Bonchev–Trinajstić information content (AvgIpc) is 2.99. The molecule has 0 aromatic carbocycles. The van der Waals surface area contributed by atoms with E-state index in [1.165, 1.54) is 12.8 Å². The molecule has 7 heteroatoms. The van der Waals surface area contributed by atoms with Gasteiger partial charge in [-0.05, 0) is 12.8 Å². The highest BCUT2D eigenvalue weighted by Crippen LogP contribution is 2.20. The molecule has 1 aromatic rings. The molecule has 0 spiro atoms. The van der Waals surface area contributed by atoms with E-state index in [0.29, 0.717) is 19.3 Å². The number of nitrogens with zero attached hydrogens (tertiary/aromatic N) is 3. The molecular formula is C10H17N5O2. The Morgan fingerprint density at radius 2 is 2.35 bits per heavy atom. The predicted octanol–water partition coefficient (Wildman–Crippen LogP) is -0.159. The maximum Gasteiger partial charge on any atom is 0.287 e. The van der Waals surface area contributed by atoms with Crippen molar-refractivity contribution in [1.29, 1.82) is 0 Å². The van der Waals surface area contributed by atoms with Crippen LogP contribution >= 0.6 is 0 Å². The quantitative estimate of drug-likeness (QED) is 0.423. The molecule has 0 unspecified atom stereocenters. The highest BCUT2D eigenvalue weighted by molar-refractivity contribution is 5.91. The number of rotatable bonds is 5. The van der Waals surface area contributed by atoms with Crippen molar-refractivity contribution in [1.82, 2.24) is 20.4 Å². The number of ether oxygens (including phenoxy) is 1. The topological polar surface area (TPSA) is 95.1 Å². The number of hydrazine groups is 1. The van der Waals surface area contributed by atoms with Crippen LogP contribution in [-0.2, 0) is 11.3 Å². The highest BCUT2D eigenvalue weighted by atomic mass is 16.5. The Bertz CT molecular complexity index is 373. The number of nitrogens with two attached hydrogens (primary N) is 1. The maximum absolute atomic E-state index is 11.1. The van der Waals surface area contributed by atoms with Gasteiger partial charge in [-0.3, -0.25) is 10.2 Å². The minimum atomic E-state index is -0.437. The number of carbonyl (C=O) groups excluding carboxylic acids is 1. The van der Waals surface area contributed by atoms with E-state index < -0.39 is 5.91 Å². The van der Waals surface area contributed by atoms with E-state index in [1.807, 2.05) is 5.43 Å². The van der Waals surface area contributed by atoms with Gasteiger partial charge in [0.05, 0.1) is 25.5 Å². The van der Waals surface area contributed by atoms with E-state index in [1.54, 1.807) is 10.9 Å². The third-order valence-electron chi connectivity index (χ3n) is 2.88. The second-order valence-corrected chi connectivity index (χ2v) is 4.12. The summed E-state index contributed by atoms with van der Waals surface area (Å²) in [6, 6.07) is 0. The molecule has 1 heterocycles. The molecule has 94 valence electrons. The number of amides is 1. The van der Waals surface area contributed by atoms with Gasteiger partial charge in [0.1, 0.15) is 0 Å². The Kier molecular flexibility index (Phi) is 4.05. The fraction of sp³-hybridized carbons (Fsp3) is 0.700. The van der Waals surface area contributed by atoms with E-state index >= 15 is 0 Å². The van der Waals surface area contributed by atoms with Gasteiger partial charge >= 0.3 is 0 Å². The van der Waals surface area contributed by atoms with Gasteiger partial charge in [0, 0.05) is 0 Å². The van der Waals surface area contributed by atoms with Crippen LogP contribution in [0.5, 0.6) is 0 Å². The zero-order valence-electron chi connectivity index (χ0n) is 9.63. The zero-order valence-corrected chi connectivity index (χ0v) is 9.63. The summed E-state index contributed by atoms with van der Waals surface area (Å²) >= 11 is 0. The van der Waals surface area contributed by atoms with Crippen LogP contribution in [0.1, 0.15) is 36.2 Å². The minimum Gasteiger partial charge on any atom is -0.376 e. The Labute approximate surface area is 99.3 Å². The minimum absolute atomic E-state index is 0.216. The monoisotopic (exact) mass is 239 g/mol. The Morgan fingerprint density at radius 1 is 1.59 bits per heavy atom. The molecule has 0 bridgehead atoms. The number of nitrogen functional groups attached to an aromatic ring is 1. The smallest absolute Gasteiger partial charge is 0.287 e. The molecule has 0 atom stereocenters. The summed E-state index contributed by atoms with van der Waals surface area (Å²) in [6.07, 6.45) is 6.77. The summed E-state index contributed by atoms with van der Waals surface area (Å²) in [5, 5.41) is 7.52. The van der Waals surface area contributed by atoms with E-state index in [9.17, 15) is 4.79 Å². The number of carbonyl (C=O) groups is 1. The second kappa shape index (κ2) is 5.74. The first-order valence-electron chi connectivity index (χ1n) is 5.82. The molecule has 3 N–H and O–H groups in total. The van der Waals surface area contributed by atoms with Gasteiger partial charge in [-0.25, -0.2) is 10.5 Å². The van der Waals surface area contributed by atoms with Gasteiger partial charge in [-0.15, -0.1) is 5.10 Å². The Balaban J connectivity index is 1.74. The fourth-order valence-corrected chi connectivity index (χ4v) is 1.95. The molecule has 1 aliphatic rings. The van der Waals surface area contributed by atoms with Gasteiger partial charge in [0.2, 0.25) is 0 Å². The number of aromatic nitrogens is 3. The molecule has 1 saturated carbocycles. The van der Waals surface area contributed by atoms with E-state index in [4.69, 9.17) is 10.6 Å². The number of nitrogens with one attached hydrogen (secondary N) is 1. The molecule has 1 aliphatic carbocycles. The first kappa shape index (κ1) is 12.0. The Hall–Kier alpha value is -1.47. The highest BCUT2D eigenvalue weighted by Gasteiger charge is 2.15. The van der Waals surface area contributed by atoms with Gasteiger partial charge in [-0.2, -0.15) is 0 Å². The first-order chi connectivity index (χ1) is 8.29. The number of hydrogen-bond donors (Lipinski definition) is 2. The lowest BCUT2D eigenvalue weighted by Gasteiger charge is -2.10. The lowest BCUT2D eigenvalue weighted by Crippen LogP contribution is -2.30. The van der Waals surface area contributed by atoms with Gasteiger partial charge in [-0.1, -0.05) is 18.1 Å². The fourth-order valence-electron chi connectivity index (χ4n) is 1.95. The van der Waals surface area contributed by atoms with E-state index in [-0.39, 0.29) is 5.69 Å². The first-order valence-corrected chi connectivity index (χ1v) is 5.82. The average molecular weight is 239 g/mol. The van der Waals surface area contributed by atoms with Crippen LogP contribution in [-0.4, -0.2) is 33.6 Å². The molecule has 0 aliphatic heterocycles. The van der Waals surface area contributed by atoms with E-state index in [0.717, 1.165) is 12.8 Å². The Morgan fingerprint density at radius 3 is 3.06 bits per heavy atom. The van der Waals surface area contributed by atoms with Gasteiger partial charge in [0.25, 0.3) is 5.91 Å². The van der Waals surface area contributed by atoms with Crippen molar-refractivity contribution in [2.45, 2.75) is 38.3 Å². The summed E-state index contributed by atoms with van der Waals surface area (Å²) in [7, 11) is 0. The molecule has 1 amide bonds. The van der Waals surface area contributed by atoms with Crippen molar-refractivity contribution < 1.29 is 9.53 Å². The van der Waals surface area contributed by atoms with Crippen LogP contribution < -0.4 is 11.3 Å². The van der Waals surface area contributed by atoms with Crippen LogP contribution in [0.4, 0.5) is 0 Å². The van der Waals surface area contributed by atoms with Crippen molar-refractivity contribution in [3.05, 3.63) is 11.9 Å². The SMILES string of the molecule is NNC(=O)c1cn(CCOC2CCCC2)nn1. The van der Waals surface area contributed by atoms with Crippen LogP contribution in [0.3, 0.4) is 0 Å². The maximum atomic E-state index is 11.1. The summed E-state index contributed by atoms with van der Waals surface area (Å²) in [4.78, 5) is 11.1. The van der Waals surface area contributed by atoms with Crippen molar-refractivity contribution in [2.75, 3.05) is 6.61 Å². The molecule has 7 nitrogen and oxygen atoms in total. The summed E-state index contributed by atoms with van der Waals surface area (Å²) in [6.45, 7) is 1.19. The van der Waals surface area contributed by atoms with Crippen LogP contribution in [0.15, 0.2) is 6.20 Å². The molecule has 17 heavy (non-hydrogen) atoms. The van der Waals surface area contributed by atoms with Crippen molar-refractivity contribution in [3.8, 4) is 0 Å². The zero-order chi connectivity index (χ0) is 12.1. The van der Waals surface area contributed by atoms with Crippen LogP contribution in [0, 0.1) is 0 Å².